The number of imide groups is 1. The van der Waals surface area contributed by atoms with Crippen molar-refractivity contribution in [3.8, 4) is 5.75 Å². The molecule has 1 aromatic carbocycles. The van der Waals surface area contributed by atoms with Gasteiger partial charge >= 0.3 is 6.03 Å². The van der Waals surface area contributed by atoms with Crippen LogP contribution in [-0.4, -0.2) is 40.9 Å². The number of likely N-dealkylation sites (tertiary alicyclic amines) is 1. The van der Waals surface area contributed by atoms with E-state index in [0.29, 0.717) is 19.3 Å². The fourth-order valence-corrected chi connectivity index (χ4v) is 3.19. The second-order valence-electron chi connectivity index (χ2n) is 5.94. The number of carbonyl (C=O) groups is 3. The number of piperidine rings is 1. The Morgan fingerprint density at radius 3 is 2.65 bits per heavy atom. The van der Waals surface area contributed by atoms with Crippen LogP contribution < -0.4 is 10.6 Å². The van der Waals surface area contributed by atoms with Crippen molar-refractivity contribution in [2.24, 2.45) is 0 Å². The van der Waals surface area contributed by atoms with Crippen molar-refractivity contribution in [3.63, 3.8) is 0 Å². The minimum Gasteiger partial charge on any atom is -0.508 e. The normalized spacial score (nSPS) is 23.6. The van der Waals surface area contributed by atoms with Gasteiger partial charge < -0.3 is 15.7 Å². The Labute approximate surface area is 133 Å². The second kappa shape index (κ2) is 5.91. The summed E-state index contributed by atoms with van der Waals surface area (Å²) in [7, 11) is 1.42. The van der Waals surface area contributed by atoms with E-state index in [1.807, 2.05) is 6.07 Å². The Morgan fingerprint density at radius 1 is 1.17 bits per heavy atom. The van der Waals surface area contributed by atoms with Gasteiger partial charge in [0.05, 0.1) is 6.04 Å². The van der Waals surface area contributed by atoms with Gasteiger partial charge in [-0.15, -0.1) is 0 Å². The molecular weight excluding hydrogens is 298 g/mol. The molecule has 1 aromatic rings. The first kappa shape index (κ1) is 15.3. The largest absolute Gasteiger partial charge is 0.508 e. The third-order valence-corrected chi connectivity index (χ3v) is 4.51. The number of likely N-dealkylation sites (N-methyl/N-ethyl adjacent to an activating group) is 1. The number of urea groups is 1. The van der Waals surface area contributed by atoms with E-state index >= 15 is 0 Å². The summed E-state index contributed by atoms with van der Waals surface area (Å²) in [6, 6.07) is 3.96. The van der Waals surface area contributed by atoms with Crippen LogP contribution in [0.3, 0.4) is 0 Å². The van der Waals surface area contributed by atoms with Gasteiger partial charge in [0.2, 0.25) is 5.91 Å². The predicted octanol–water partition coefficient (Wildman–Crippen LogP) is 0.826. The average Bonchev–Trinajstić information content (AvgIpc) is 2.92. The van der Waals surface area contributed by atoms with Gasteiger partial charge in [-0.1, -0.05) is 12.1 Å². The lowest BCUT2D eigenvalue weighted by Gasteiger charge is -2.28. The molecule has 7 heteroatoms. The van der Waals surface area contributed by atoms with Crippen LogP contribution in [0, 0.1) is 0 Å². The lowest BCUT2D eigenvalue weighted by Crippen LogP contribution is -2.55. The minimum atomic E-state index is -0.678. The zero-order valence-electron chi connectivity index (χ0n) is 12.8. The highest BCUT2D eigenvalue weighted by atomic mass is 16.3. The molecule has 3 rings (SSSR count). The molecular formula is C16H19N3O4. The number of carbonyl (C=O) groups excluding carboxylic acids is 3. The first-order valence-corrected chi connectivity index (χ1v) is 7.65. The summed E-state index contributed by atoms with van der Waals surface area (Å²) in [6.45, 7) is 0. The van der Waals surface area contributed by atoms with E-state index in [0.717, 1.165) is 16.0 Å². The molecule has 1 heterocycles. The summed E-state index contributed by atoms with van der Waals surface area (Å²) in [4.78, 5) is 36.6. The third-order valence-electron chi connectivity index (χ3n) is 4.51. The van der Waals surface area contributed by atoms with Gasteiger partial charge in [-0.2, -0.15) is 0 Å². The number of fused-ring (bicyclic) bond motifs is 1. The van der Waals surface area contributed by atoms with E-state index in [-0.39, 0.29) is 30.0 Å². The van der Waals surface area contributed by atoms with Crippen molar-refractivity contribution in [2.45, 2.75) is 37.8 Å². The number of benzene rings is 1. The zero-order valence-corrected chi connectivity index (χ0v) is 12.8. The van der Waals surface area contributed by atoms with Crippen LogP contribution in [0.1, 0.15) is 36.4 Å². The van der Waals surface area contributed by atoms with Crippen LogP contribution in [0.4, 0.5) is 4.79 Å². The Kier molecular flexibility index (Phi) is 3.94. The summed E-state index contributed by atoms with van der Waals surface area (Å²) in [6.07, 6.45) is 1.97. The molecule has 2 aliphatic rings. The maximum Gasteiger partial charge on any atom is 0.315 e. The molecule has 1 fully saturated rings. The van der Waals surface area contributed by atoms with Crippen molar-refractivity contribution in [2.75, 3.05) is 7.05 Å². The first-order chi connectivity index (χ1) is 11.0. The average molecular weight is 317 g/mol. The summed E-state index contributed by atoms with van der Waals surface area (Å²) in [5.74, 6) is -0.371. The monoisotopic (exact) mass is 317 g/mol. The molecule has 0 spiro atoms. The number of nitrogens with zero attached hydrogens (tertiary/aromatic N) is 1. The van der Waals surface area contributed by atoms with Crippen LogP contribution in [0.2, 0.25) is 0 Å². The number of aromatic hydroxyl groups is 1. The maximum absolute atomic E-state index is 12.2. The van der Waals surface area contributed by atoms with E-state index < -0.39 is 12.1 Å². The Hall–Kier alpha value is -2.57. The van der Waals surface area contributed by atoms with Gasteiger partial charge in [-0.05, 0) is 36.5 Å². The number of phenolic OH excluding ortho intramolecular Hbond substituents is 1. The summed E-state index contributed by atoms with van der Waals surface area (Å²) in [5, 5.41) is 15.3. The molecule has 23 heavy (non-hydrogen) atoms. The molecule has 0 bridgehead atoms. The Balaban J connectivity index is 1.62. The van der Waals surface area contributed by atoms with E-state index in [1.165, 1.54) is 7.05 Å². The fourth-order valence-electron chi connectivity index (χ4n) is 3.19. The predicted molar refractivity (Wildman–Crippen MR) is 81.6 cm³/mol. The lowest BCUT2D eigenvalue weighted by atomic mass is 10.0. The van der Waals surface area contributed by atoms with E-state index in [4.69, 9.17) is 0 Å². The topological polar surface area (TPSA) is 98.7 Å². The number of phenols is 1. The standard InChI is InChI=1S/C16H19N3O4/c1-19-14(21)8-7-12(15(19)22)18-16(23)17-11-6-5-10-9(11)3-2-4-13(10)20/h2-4,11-12,20H,5-8H2,1H3,(H2,17,18,23). The maximum atomic E-state index is 12.2. The first-order valence-electron chi connectivity index (χ1n) is 7.65. The summed E-state index contributed by atoms with van der Waals surface area (Å²) < 4.78 is 0. The van der Waals surface area contributed by atoms with Crippen molar-refractivity contribution < 1.29 is 19.5 Å². The number of nitrogens with one attached hydrogen (secondary N) is 2. The highest BCUT2D eigenvalue weighted by Gasteiger charge is 2.33. The molecule has 1 aliphatic heterocycles. The Morgan fingerprint density at radius 2 is 1.87 bits per heavy atom. The van der Waals surface area contributed by atoms with Gasteiger partial charge in [-0.3, -0.25) is 14.5 Å². The highest BCUT2D eigenvalue weighted by molar-refractivity contribution is 6.01. The van der Waals surface area contributed by atoms with Gasteiger partial charge in [0.25, 0.3) is 5.91 Å². The van der Waals surface area contributed by atoms with Crippen LogP contribution in [-0.2, 0) is 16.0 Å². The molecule has 1 saturated heterocycles. The number of amides is 4. The number of rotatable bonds is 2. The van der Waals surface area contributed by atoms with Crippen molar-refractivity contribution in [1.82, 2.24) is 15.5 Å². The zero-order chi connectivity index (χ0) is 16.6. The molecule has 0 radical (unpaired) electrons. The second-order valence-corrected chi connectivity index (χ2v) is 5.94. The van der Waals surface area contributed by atoms with Crippen LogP contribution in [0.25, 0.3) is 0 Å². The lowest BCUT2D eigenvalue weighted by molar-refractivity contribution is -0.147. The van der Waals surface area contributed by atoms with Crippen molar-refractivity contribution >= 4 is 17.8 Å². The van der Waals surface area contributed by atoms with Crippen LogP contribution >= 0.6 is 0 Å². The van der Waals surface area contributed by atoms with E-state index in [2.05, 4.69) is 10.6 Å². The molecule has 2 unspecified atom stereocenters. The summed E-state index contributed by atoms with van der Waals surface area (Å²) in [5.41, 5.74) is 1.76. The van der Waals surface area contributed by atoms with Crippen LogP contribution in [0.15, 0.2) is 18.2 Å². The van der Waals surface area contributed by atoms with E-state index in [9.17, 15) is 19.5 Å². The molecule has 4 amide bonds. The highest BCUT2D eigenvalue weighted by Crippen LogP contribution is 2.36. The molecule has 2 atom stereocenters. The molecule has 122 valence electrons. The third kappa shape index (κ3) is 2.86. The molecule has 3 N–H and O–H groups in total. The minimum absolute atomic E-state index is 0.185. The SMILES string of the molecule is CN1C(=O)CCC(NC(=O)NC2CCc3c(O)cccc32)C1=O. The number of hydrogen-bond donors (Lipinski definition) is 3. The smallest absolute Gasteiger partial charge is 0.315 e. The molecule has 0 aromatic heterocycles. The van der Waals surface area contributed by atoms with E-state index in [1.54, 1.807) is 12.1 Å². The van der Waals surface area contributed by atoms with Gasteiger partial charge in [0, 0.05) is 13.5 Å². The molecule has 0 saturated carbocycles. The number of hydrogen-bond acceptors (Lipinski definition) is 4. The van der Waals surface area contributed by atoms with Crippen LogP contribution in [0.5, 0.6) is 5.75 Å². The Bertz CT molecular complexity index is 673. The van der Waals surface area contributed by atoms with Crippen molar-refractivity contribution in [1.29, 1.82) is 0 Å². The van der Waals surface area contributed by atoms with Gasteiger partial charge in [0.1, 0.15) is 11.8 Å². The van der Waals surface area contributed by atoms with Gasteiger partial charge in [-0.25, -0.2) is 4.79 Å². The fraction of sp³-hybridized carbons (Fsp3) is 0.438. The quantitative estimate of drug-likeness (QED) is 0.703. The van der Waals surface area contributed by atoms with Gasteiger partial charge in [0.15, 0.2) is 0 Å². The molecule has 1 aliphatic carbocycles. The molecule has 7 nitrogen and oxygen atoms in total. The summed E-state index contributed by atoms with van der Waals surface area (Å²) >= 11 is 0. The van der Waals surface area contributed by atoms with Crippen molar-refractivity contribution in [3.05, 3.63) is 29.3 Å².